The van der Waals surface area contributed by atoms with Crippen molar-refractivity contribution in [3.8, 4) is 6.07 Å². The predicted octanol–water partition coefficient (Wildman–Crippen LogP) is 3.62. The lowest BCUT2D eigenvalue weighted by atomic mass is 10.2. The van der Waals surface area contributed by atoms with Gasteiger partial charge in [-0.05, 0) is 11.6 Å². The smallest absolute Gasteiger partial charge is 0.269 e. The minimum atomic E-state index is -0.448. The van der Waals surface area contributed by atoms with Crippen molar-refractivity contribution >= 4 is 22.8 Å². The van der Waals surface area contributed by atoms with E-state index >= 15 is 0 Å². The van der Waals surface area contributed by atoms with Crippen molar-refractivity contribution < 1.29 is 9.76 Å². The maximum absolute atomic E-state index is 10.8. The Bertz CT molecular complexity index is 985. The fourth-order valence-electron chi connectivity index (χ4n) is 2.55. The number of nitro benzene ring substituents is 1. The third kappa shape index (κ3) is 3.64. The Morgan fingerprint density at radius 1 is 1.28 bits per heavy atom. The first-order chi connectivity index (χ1) is 12.2. The molecule has 7 heteroatoms. The van der Waals surface area contributed by atoms with Gasteiger partial charge in [0.2, 0.25) is 0 Å². The number of para-hydroxylation sites is 1. The van der Waals surface area contributed by atoms with E-state index in [1.807, 2.05) is 35.0 Å². The van der Waals surface area contributed by atoms with Gasteiger partial charge in [0, 0.05) is 34.8 Å². The SMILES string of the molecule is N#CCn1cc(/C=N\OCc2cccc([N+](=O)[O-])c2)c2ccccc21. The second kappa shape index (κ2) is 7.27. The number of hydrogen-bond donors (Lipinski definition) is 0. The molecule has 0 N–H and O–H groups in total. The third-order valence-electron chi connectivity index (χ3n) is 3.68. The Balaban J connectivity index is 1.73. The normalized spacial score (nSPS) is 10.8. The van der Waals surface area contributed by atoms with Crippen LogP contribution in [-0.4, -0.2) is 15.7 Å². The first-order valence-electron chi connectivity index (χ1n) is 7.52. The van der Waals surface area contributed by atoms with Crippen molar-refractivity contribution in [2.75, 3.05) is 0 Å². The van der Waals surface area contributed by atoms with Gasteiger partial charge in [-0.3, -0.25) is 10.1 Å². The molecule has 1 aromatic heterocycles. The molecule has 2 aromatic carbocycles. The summed E-state index contributed by atoms with van der Waals surface area (Å²) in [5.74, 6) is 0. The fraction of sp³-hybridized carbons (Fsp3) is 0.111. The van der Waals surface area contributed by atoms with Crippen LogP contribution < -0.4 is 0 Å². The van der Waals surface area contributed by atoms with Gasteiger partial charge in [0.25, 0.3) is 5.69 Å². The molecule has 0 bridgehead atoms. The van der Waals surface area contributed by atoms with Gasteiger partial charge in [0.05, 0.1) is 17.2 Å². The molecule has 0 saturated heterocycles. The van der Waals surface area contributed by atoms with Crippen molar-refractivity contribution in [2.24, 2.45) is 5.16 Å². The van der Waals surface area contributed by atoms with Gasteiger partial charge < -0.3 is 9.40 Å². The summed E-state index contributed by atoms with van der Waals surface area (Å²) in [6.07, 6.45) is 3.42. The number of nitrogens with zero attached hydrogens (tertiary/aromatic N) is 4. The van der Waals surface area contributed by atoms with Crippen LogP contribution in [0.2, 0.25) is 0 Å². The molecule has 0 aliphatic carbocycles. The van der Waals surface area contributed by atoms with Gasteiger partial charge in [0.1, 0.15) is 13.2 Å². The second-order valence-corrected chi connectivity index (χ2v) is 5.32. The highest BCUT2D eigenvalue weighted by Crippen LogP contribution is 2.20. The van der Waals surface area contributed by atoms with E-state index in [2.05, 4.69) is 11.2 Å². The summed E-state index contributed by atoms with van der Waals surface area (Å²) in [6, 6.07) is 16.1. The Labute approximate surface area is 143 Å². The van der Waals surface area contributed by atoms with Gasteiger partial charge in [-0.25, -0.2) is 0 Å². The Morgan fingerprint density at radius 2 is 2.12 bits per heavy atom. The van der Waals surface area contributed by atoms with Gasteiger partial charge in [-0.15, -0.1) is 0 Å². The number of aromatic nitrogens is 1. The maximum atomic E-state index is 10.8. The quantitative estimate of drug-likeness (QED) is 0.391. The predicted molar refractivity (Wildman–Crippen MR) is 93.0 cm³/mol. The molecule has 0 amide bonds. The molecule has 0 radical (unpaired) electrons. The van der Waals surface area contributed by atoms with E-state index in [9.17, 15) is 10.1 Å². The number of nitriles is 1. The summed E-state index contributed by atoms with van der Waals surface area (Å²) < 4.78 is 1.84. The fourth-order valence-corrected chi connectivity index (χ4v) is 2.55. The first-order valence-corrected chi connectivity index (χ1v) is 7.52. The van der Waals surface area contributed by atoms with Crippen LogP contribution in [-0.2, 0) is 18.0 Å². The molecule has 1 heterocycles. The standard InChI is InChI=1S/C18H14N4O3/c19-8-9-21-12-15(17-6-1-2-7-18(17)21)11-20-25-13-14-4-3-5-16(10-14)22(23)24/h1-7,10-12H,9,13H2/b20-11-. The summed E-state index contributed by atoms with van der Waals surface area (Å²) >= 11 is 0. The Kier molecular flexibility index (Phi) is 4.72. The highest BCUT2D eigenvalue weighted by Gasteiger charge is 2.07. The summed E-state index contributed by atoms with van der Waals surface area (Å²) in [7, 11) is 0. The Hall–Kier alpha value is -3.66. The highest BCUT2D eigenvalue weighted by molar-refractivity contribution is 5.99. The zero-order valence-corrected chi connectivity index (χ0v) is 13.2. The lowest BCUT2D eigenvalue weighted by molar-refractivity contribution is -0.384. The maximum Gasteiger partial charge on any atom is 0.269 e. The van der Waals surface area contributed by atoms with Crippen molar-refractivity contribution in [3.05, 3.63) is 76.0 Å². The van der Waals surface area contributed by atoms with Crippen molar-refractivity contribution in [1.82, 2.24) is 4.57 Å². The number of hydrogen-bond acceptors (Lipinski definition) is 5. The number of oxime groups is 1. The highest BCUT2D eigenvalue weighted by atomic mass is 16.6. The molecule has 0 saturated carbocycles. The molecule has 0 atom stereocenters. The molecule has 0 spiro atoms. The lowest BCUT2D eigenvalue weighted by Crippen LogP contribution is -1.92. The van der Waals surface area contributed by atoms with Crippen molar-refractivity contribution in [3.63, 3.8) is 0 Å². The van der Waals surface area contributed by atoms with Crippen LogP contribution in [0.3, 0.4) is 0 Å². The summed E-state index contributed by atoms with van der Waals surface area (Å²) in [5, 5.41) is 24.6. The molecule has 0 aliphatic heterocycles. The number of rotatable bonds is 6. The first kappa shape index (κ1) is 16.2. The monoisotopic (exact) mass is 334 g/mol. The average molecular weight is 334 g/mol. The van der Waals surface area contributed by atoms with Gasteiger partial charge in [-0.1, -0.05) is 35.5 Å². The molecule has 25 heavy (non-hydrogen) atoms. The van der Waals surface area contributed by atoms with Crippen LogP contribution in [0.15, 0.2) is 59.9 Å². The van der Waals surface area contributed by atoms with Crippen LogP contribution in [0.5, 0.6) is 0 Å². The lowest BCUT2D eigenvalue weighted by Gasteiger charge is -1.99. The van der Waals surface area contributed by atoms with Crippen LogP contribution >= 0.6 is 0 Å². The van der Waals surface area contributed by atoms with Crippen LogP contribution in [0.25, 0.3) is 10.9 Å². The van der Waals surface area contributed by atoms with E-state index < -0.39 is 4.92 Å². The van der Waals surface area contributed by atoms with E-state index in [1.54, 1.807) is 18.3 Å². The Morgan fingerprint density at radius 3 is 2.92 bits per heavy atom. The molecule has 0 fully saturated rings. The summed E-state index contributed by atoms with van der Waals surface area (Å²) in [4.78, 5) is 15.6. The molecule has 3 aromatic rings. The largest absolute Gasteiger partial charge is 0.391 e. The summed E-state index contributed by atoms with van der Waals surface area (Å²) in [6.45, 7) is 0.387. The molecule has 7 nitrogen and oxygen atoms in total. The number of benzene rings is 2. The van der Waals surface area contributed by atoms with Gasteiger partial charge in [-0.2, -0.15) is 5.26 Å². The van der Waals surface area contributed by atoms with E-state index in [0.717, 1.165) is 16.5 Å². The topological polar surface area (TPSA) is 93.5 Å². The number of non-ortho nitro benzene ring substituents is 1. The van der Waals surface area contributed by atoms with Crippen molar-refractivity contribution in [1.29, 1.82) is 5.26 Å². The number of nitro groups is 1. The van der Waals surface area contributed by atoms with E-state index in [0.29, 0.717) is 5.56 Å². The van der Waals surface area contributed by atoms with Crippen molar-refractivity contribution in [2.45, 2.75) is 13.2 Å². The molecular weight excluding hydrogens is 320 g/mol. The van der Waals surface area contributed by atoms with Gasteiger partial charge >= 0.3 is 0 Å². The zero-order valence-electron chi connectivity index (χ0n) is 13.2. The molecule has 0 unspecified atom stereocenters. The third-order valence-corrected chi connectivity index (χ3v) is 3.68. The molecule has 0 aliphatic rings. The minimum absolute atomic E-state index is 0.0182. The second-order valence-electron chi connectivity index (χ2n) is 5.32. The molecular formula is C18H14N4O3. The van der Waals surface area contributed by atoms with E-state index in [4.69, 9.17) is 10.1 Å². The van der Waals surface area contributed by atoms with Gasteiger partial charge in [0.15, 0.2) is 0 Å². The molecule has 124 valence electrons. The number of fused-ring (bicyclic) bond motifs is 1. The van der Waals surface area contributed by atoms with E-state index in [1.165, 1.54) is 12.1 Å². The van der Waals surface area contributed by atoms with Crippen LogP contribution in [0.1, 0.15) is 11.1 Å². The summed E-state index contributed by atoms with van der Waals surface area (Å²) in [5.41, 5.74) is 2.47. The minimum Gasteiger partial charge on any atom is -0.391 e. The van der Waals surface area contributed by atoms with Crippen LogP contribution in [0, 0.1) is 21.4 Å². The van der Waals surface area contributed by atoms with Crippen LogP contribution in [0.4, 0.5) is 5.69 Å². The van der Waals surface area contributed by atoms with E-state index in [-0.39, 0.29) is 18.8 Å². The average Bonchev–Trinajstić information content (AvgIpc) is 2.97. The zero-order chi connectivity index (χ0) is 17.6. The molecule has 3 rings (SSSR count).